The first-order valence-corrected chi connectivity index (χ1v) is 6.47. The lowest BCUT2D eigenvalue weighted by Crippen LogP contribution is -2.32. The number of thiazole rings is 1. The first-order valence-electron chi connectivity index (χ1n) is 5.65. The zero-order valence-electron chi connectivity index (χ0n) is 9.83. The van der Waals surface area contributed by atoms with Crippen molar-refractivity contribution in [1.29, 1.82) is 0 Å². The Hall–Kier alpha value is -1.79. The molecule has 0 saturated heterocycles. The minimum Gasteiger partial charge on any atom is -0.329 e. The lowest BCUT2D eigenvalue weighted by atomic mass is 10.1. The summed E-state index contributed by atoms with van der Waals surface area (Å²) in [7, 11) is 0. The van der Waals surface area contributed by atoms with Crippen LogP contribution in [0.25, 0.3) is 10.2 Å². The molecule has 0 radical (unpaired) electrons. The molecule has 0 fully saturated rings. The quantitative estimate of drug-likeness (QED) is 0.891. The Morgan fingerprint density at radius 2 is 2.22 bits per heavy atom. The first-order chi connectivity index (χ1) is 8.70. The van der Waals surface area contributed by atoms with E-state index in [-0.39, 0.29) is 18.4 Å². The van der Waals surface area contributed by atoms with E-state index in [1.807, 2.05) is 31.2 Å². The molecule has 1 unspecified atom stereocenters. The summed E-state index contributed by atoms with van der Waals surface area (Å²) in [6.07, 6.45) is 0. The maximum atomic E-state index is 12.1. The topological polar surface area (TPSA) is 71.6 Å². The number of fused-ring (bicyclic) bond motifs is 1. The Morgan fingerprint density at radius 3 is 2.89 bits per heavy atom. The summed E-state index contributed by atoms with van der Waals surface area (Å²) in [5.41, 5.74) is 7.22. The third-order valence-electron chi connectivity index (χ3n) is 2.97. The van der Waals surface area contributed by atoms with Crippen molar-refractivity contribution in [3.63, 3.8) is 0 Å². The lowest BCUT2D eigenvalue weighted by molar-refractivity contribution is -0.119. The van der Waals surface area contributed by atoms with Crippen LogP contribution >= 0.6 is 11.3 Å². The highest BCUT2D eigenvalue weighted by Gasteiger charge is 2.34. The molecule has 0 bridgehead atoms. The number of rotatable bonds is 2. The molecule has 1 aliphatic rings. The highest BCUT2D eigenvalue weighted by molar-refractivity contribution is 7.22. The Labute approximate surface area is 108 Å². The van der Waals surface area contributed by atoms with E-state index in [1.165, 1.54) is 16.3 Å². The van der Waals surface area contributed by atoms with E-state index in [2.05, 4.69) is 10.1 Å². The average Bonchev–Trinajstić information content (AvgIpc) is 2.90. The summed E-state index contributed by atoms with van der Waals surface area (Å²) in [4.78, 5) is 16.5. The van der Waals surface area contributed by atoms with Crippen LogP contribution in [0.4, 0.5) is 5.13 Å². The monoisotopic (exact) mass is 260 g/mol. The Balaban J connectivity index is 2.03. The Morgan fingerprint density at radius 1 is 1.44 bits per heavy atom. The van der Waals surface area contributed by atoms with Gasteiger partial charge in [-0.25, -0.2) is 4.98 Å². The van der Waals surface area contributed by atoms with E-state index in [4.69, 9.17) is 5.73 Å². The zero-order valence-corrected chi connectivity index (χ0v) is 10.6. The number of hydrogen-bond acceptors (Lipinski definition) is 5. The fraction of sp³-hybridized carbons (Fsp3) is 0.250. The van der Waals surface area contributed by atoms with Gasteiger partial charge < -0.3 is 5.73 Å². The summed E-state index contributed by atoms with van der Waals surface area (Å²) < 4.78 is 1.05. The van der Waals surface area contributed by atoms with Crippen molar-refractivity contribution in [1.82, 2.24) is 4.98 Å². The SMILES string of the molecule is CC1=NN(c2nc3ccccc3s2)C(=O)C1CN. The van der Waals surface area contributed by atoms with Crippen molar-refractivity contribution in [2.75, 3.05) is 11.6 Å². The maximum Gasteiger partial charge on any atom is 0.259 e. The van der Waals surface area contributed by atoms with E-state index in [9.17, 15) is 4.79 Å². The molecule has 3 rings (SSSR count). The standard InChI is InChI=1S/C12H12N4OS/c1-7-8(6-13)11(17)16(15-7)12-14-9-4-2-3-5-10(9)18-12/h2-5,8H,6,13H2,1H3. The number of para-hydroxylation sites is 1. The molecule has 0 saturated carbocycles. The maximum absolute atomic E-state index is 12.1. The molecule has 18 heavy (non-hydrogen) atoms. The van der Waals surface area contributed by atoms with Crippen LogP contribution in [0, 0.1) is 5.92 Å². The van der Waals surface area contributed by atoms with Gasteiger partial charge in [-0.2, -0.15) is 10.1 Å². The van der Waals surface area contributed by atoms with Gasteiger partial charge in [0.25, 0.3) is 5.91 Å². The molecule has 92 valence electrons. The molecule has 0 spiro atoms. The second kappa shape index (κ2) is 4.15. The van der Waals surface area contributed by atoms with Gasteiger partial charge in [0.2, 0.25) is 5.13 Å². The minimum absolute atomic E-state index is 0.0888. The fourth-order valence-corrected chi connectivity index (χ4v) is 2.88. The van der Waals surface area contributed by atoms with E-state index in [0.29, 0.717) is 5.13 Å². The smallest absolute Gasteiger partial charge is 0.259 e. The number of nitrogens with zero attached hydrogens (tertiary/aromatic N) is 3. The molecule has 0 aliphatic carbocycles. The predicted molar refractivity (Wildman–Crippen MR) is 72.8 cm³/mol. The van der Waals surface area contributed by atoms with Gasteiger partial charge >= 0.3 is 0 Å². The molecule has 1 amide bonds. The van der Waals surface area contributed by atoms with Crippen LogP contribution in [0.2, 0.25) is 0 Å². The number of carbonyl (C=O) groups is 1. The molecule has 2 aromatic rings. The van der Waals surface area contributed by atoms with E-state index < -0.39 is 0 Å². The van der Waals surface area contributed by atoms with E-state index in [0.717, 1.165) is 15.9 Å². The summed E-state index contributed by atoms with van der Waals surface area (Å²) >= 11 is 1.46. The molecule has 5 nitrogen and oxygen atoms in total. The minimum atomic E-state index is -0.308. The number of hydrogen-bond donors (Lipinski definition) is 1. The third-order valence-corrected chi connectivity index (χ3v) is 3.98. The molecule has 1 aliphatic heterocycles. The average molecular weight is 260 g/mol. The lowest BCUT2D eigenvalue weighted by Gasteiger charge is -2.09. The number of anilines is 1. The summed E-state index contributed by atoms with van der Waals surface area (Å²) in [5, 5.41) is 6.24. The fourth-order valence-electron chi connectivity index (χ4n) is 1.96. The molecule has 1 atom stereocenters. The van der Waals surface area contributed by atoms with Crippen LogP contribution in [0.3, 0.4) is 0 Å². The van der Waals surface area contributed by atoms with Crippen LogP contribution in [0.15, 0.2) is 29.4 Å². The second-order valence-electron chi connectivity index (χ2n) is 4.14. The highest BCUT2D eigenvalue weighted by Crippen LogP contribution is 2.31. The van der Waals surface area contributed by atoms with Crippen LogP contribution < -0.4 is 10.7 Å². The van der Waals surface area contributed by atoms with Crippen molar-refractivity contribution in [2.45, 2.75) is 6.92 Å². The number of amides is 1. The predicted octanol–water partition coefficient (Wildman–Crippen LogP) is 1.59. The van der Waals surface area contributed by atoms with Crippen LogP contribution in [-0.2, 0) is 4.79 Å². The van der Waals surface area contributed by atoms with Gasteiger partial charge in [-0.1, -0.05) is 23.5 Å². The molecular weight excluding hydrogens is 248 g/mol. The molecule has 6 heteroatoms. The van der Waals surface area contributed by atoms with Crippen molar-refractivity contribution in [3.05, 3.63) is 24.3 Å². The Bertz CT molecular complexity index is 615. The van der Waals surface area contributed by atoms with Crippen LogP contribution in [0.1, 0.15) is 6.92 Å². The third kappa shape index (κ3) is 1.61. The van der Waals surface area contributed by atoms with Gasteiger partial charge in [0, 0.05) is 12.3 Å². The van der Waals surface area contributed by atoms with Gasteiger partial charge in [-0.15, -0.1) is 0 Å². The number of carbonyl (C=O) groups excluding carboxylic acids is 1. The van der Waals surface area contributed by atoms with Crippen LogP contribution in [-0.4, -0.2) is 23.1 Å². The number of hydrazone groups is 1. The largest absolute Gasteiger partial charge is 0.329 e. The van der Waals surface area contributed by atoms with Crippen molar-refractivity contribution in [3.8, 4) is 0 Å². The number of nitrogens with two attached hydrogens (primary N) is 1. The van der Waals surface area contributed by atoms with Gasteiger partial charge in [-0.3, -0.25) is 4.79 Å². The van der Waals surface area contributed by atoms with E-state index >= 15 is 0 Å². The van der Waals surface area contributed by atoms with Gasteiger partial charge in [0.1, 0.15) is 0 Å². The first kappa shape index (κ1) is 11.3. The number of benzene rings is 1. The molecule has 1 aromatic heterocycles. The molecule has 2 heterocycles. The Kier molecular flexibility index (Phi) is 2.61. The second-order valence-corrected chi connectivity index (χ2v) is 5.15. The number of aromatic nitrogens is 1. The normalized spacial score (nSPS) is 19.7. The summed E-state index contributed by atoms with van der Waals surface area (Å²) in [6.45, 7) is 2.11. The molecule has 1 aromatic carbocycles. The van der Waals surface area contributed by atoms with Crippen molar-refractivity contribution in [2.24, 2.45) is 16.8 Å². The van der Waals surface area contributed by atoms with E-state index in [1.54, 1.807) is 0 Å². The van der Waals surface area contributed by atoms with Gasteiger partial charge in [0.15, 0.2) is 0 Å². The highest BCUT2D eigenvalue weighted by atomic mass is 32.1. The summed E-state index contributed by atoms with van der Waals surface area (Å²) in [6, 6.07) is 7.78. The van der Waals surface area contributed by atoms with Crippen molar-refractivity contribution < 1.29 is 4.79 Å². The molecule has 2 N–H and O–H groups in total. The summed E-state index contributed by atoms with van der Waals surface area (Å²) in [5.74, 6) is -0.397. The van der Waals surface area contributed by atoms with Crippen molar-refractivity contribution >= 4 is 38.3 Å². The molecular formula is C12H12N4OS. The van der Waals surface area contributed by atoms with Crippen LogP contribution in [0.5, 0.6) is 0 Å². The van der Waals surface area contributed by atoms with Gasteiger partial charge in [-0.05, 0) is 19.1 Å². The zero-order chi connectivity index (χ0) is 12.7. The van der Waals surface area contributed by atoms with Gasteiger partial charge in [0.05, 0.1) is 16.1 Å².